The number of methoxy groups -OCH3 is 1. The molecule has 2 aromatic carbocycles. The lowest BCUT2D eigenvalue weighted by molar-refractivity contribution is 0.0659. The summed E-state index contributed by atoms with van der Waals surface area (Å²) in [5, 5.41) is 10.5. The third kappa shape index (κ3) is 7.76. The van der Waals surface area contributed by atoms with Gasteiger partial charge in [-0.15, -0.1) is 24.8 Å². The Labute approximate surface area is 199 Å². The summed E-state index contributed by atoms with van der Waals surface area (Å²) in [6.45, 7) is 11.1. The quantitative estimate of drug-likeness (QED) is 0.613. The molecule has 3 rings (SSSR count). The predicted octanol–water partition coefficient (Wildman–Crippen LogP) is 4.53. The number of nitrogens with zero attached hydrogens (tertiary/aromatic N) is 2. The Balaban J connectivity index is 0.00000240. The van der Waals surface area contributed by atoms with Crippen molar-refractivity contribution in [1.29, 1.82) is 0 Å². The van der Waals surface area contributed by atoms with E-state index in [1.54, 1.807) is 7.11 Å². The number of aliphatic hydroxyl groups is 1. The Morgan fingerprint density at radius 1 is 0.968 bits per heavy atom. The molecule has 1 atom stereocenters. The minimum atomic E-state index is -0.497. The van der Waals surface area contributed by atoms with E-state index in [4.69, 9.17) is 9.47 Å². The molecule has 0 bridgehead atoms. The molecule has 5 nitrogen and oxygen atoms in total. The number of hydrogen-bond acceptors (Lipinski definition) is 5. The number of rotatable bonds is 8. The normalized spacial score (nSPS) is 15.1. The number of β-amino-alcohol motifs (C(OH)–C–C–N with tert-alkyl or cyclic N) is 1. The zero-order valence-corrected chi connectivity index (χ0v) is 20.5. The van der Waals surface area contributed by atoms with Crippen LogP contribution in [0.25, 0.3) is 0 Å². The second-order valence-electron chi connectivity index (χ2n) is 8.15. The Hall–Kier alpha value is -1.66. The summed E-state index contributed by atoms with van der Waals surface area (Å²) < 4.78 is 11.2. The third-order valence-electron chi connectivity index (χ3n) is 5.50. The molecule has 1 saturated heterocycles. The molecule has 1 N–H and O–H groups in total. The molecule has 0 radical (unpaired) electrons. The highest BCUT2D eigenvalue weighted by Crippen LogP contribution is 2.27. The van der Waals surface area contributed by atoms with E-state index in [9.17, 15) is 5.11 Å². The van der Waals surface area contributed by atoms with E-state index < -0.39 is 6.10 Å². The highest BCUT2D eigenvalue weighted by atomic mass is 35.5. The summed E-state index contributed by atoms with van der Waals surface area (Å²) in [7, 11) is 1.69. The van der Waals surface area contributed by atoms with Crippen molar-refractivity contribution in [1.82, 2.24) is 4.90 Å². The van der Waals surface area contributed by atoms with Crippen molar-refractivity contribution in [2.75, 3.05) is 51.3 Å². The highest BCUT2D eigenvalue weighted by molar-refractivity contribution is 5.85. The number of anilines is 1. The first-order valence-electron chi connectivity index (χ1n) is 10.5. The molecular weight excluding hydrogens is 435 g/mol. The zero-order valence-electron chi connectivity index (χ0n) is 18.9. The lowest BCUT2D eigenvalue weighted by Gasteiger charge is -2.37. The van der Waals surface area contributed by atoms with Crippen LogP contribution in [-0.2, 0) is 0 Å². The number of hydrogen-bond donors (Lipinski definition) is 1. The number of benzene rings is 2. The molecule has 1 unspecified atom stereocenters. The maximum Gasteiger partial charge on any atom is 0.123 e. The largest absolute Gasteiger partial charge is 0.497 e. The van der Waals surface area contributed by atoms with E-state index in [-0.39, 0.29) is 24.8 Å². The SMILES string of the molecule is COc1ccc(N2CCN(CC(O)COc3cc(C)ccc3C(C)C)CC2)cc1.Cl.Cl. The molecule has 1 fully saturated rings. The fraction of sp³-hybridized carbons (Fsp3) is 0.500. The van der Waals surface area contributed by atoms with E-state index in [0.717, 1.165) is 37.7 Å². The van der Waals surface area contributed by atoms with Gasteiger partial charge in [0.25, 0.3) is 0 Å². The molecule has 0 aromatic heterocycles. The smallest absolute Gasteiger partial charge is 0.123 e. The average molecular weight is 471 g/mol. The van der Waals surface area contributed by atoms with Gasteiger partial charge >= 0.3 is 0 Å². The summed E-state index contributed by atoms with van der Waals surface area (Å²) >= 11 is 0. The standard InChI is InChI=1S/C24H34N2O3.2ClH/c1-18(2)23-10-5-19(3)15-24(23)29-17-21(27)16-25-11-13-26(14-12-25)20-6-8-22(28-4)9-7-20;;/h5-10,15,18,21,27H,11-14,16-17H2,1-4H3;2*1H. The molecule has 7 heteroatoms. The Morgan fingerprint density at radius 2 is 1.61 bits per heavy atom. The number of aliphatic hydroxyl groups excluding tert-OH is 1. The Morgan fingerprint density at radius 3 is 2.19 bits per heavy atom. The molecule has 1 aliphatic heterocycles. The molecule has 0 amide bonds. The van der Waals surface area contributed by atoms with Gasteiger partial charge in [-0.25, -0.2) is 0 Å². The predicted molar refractivity (Wildman–Crippen MR) is 133 cm³/mol. The van der Waals surface area contributed by atoms with Crippen molar-refractivity contribution in [2.45, 2.75) is 32.8 Å². The van der Waals surface area contributed by atoms with E-state index in [0.29, 0.717) is 19.1 Å². The van der Waals surface area contributed by atoms with E-state index in [2.05, 4.69) is 60.9 Å². The first-order valence-corrected chi connectivity index (χ1v) is 10.5. The highest BCUT2D eigenvalue weighted by Gasteiger charge is 2.20. The molecule has 0 saturated carbocycles. The van der Waals surface area contributed by atoms with E-state index >= 15 is 0 Å². The van der Waals surface area contributed by atoms with Gasteiger partial charge < -0.3 is 19.5 Å². The van der Waals surface area contributed by atoms with Crippen molar-refractivity contribution in [3.8, 4) is 11.5 Å². The number of halogens is 2. The second-order valence-corrected chi connectivity index (χ2v) is 8.15. The molecule has 174 valence electrons. The third-order valence-corrected chi connectivity index (χ3v) is 5.50. The van der Waals surface area contributed by atoms with Gasteiger partial charge in [-0.05, 0) is 54.3 Å². The molecule has 0 spiro atoms. The van der Waals surface area contributed by atoms with Crippen LogP contribution < -0.4 is 14.4 Å². The maximum absolute atomic E-state index is 10.5. The van der Waals surface area contributed by atoms with Crippen LogP contribution in [0.2, 0.25) is 0 Å². The minimum absolute atomic E-state index is 0. The van der Waals surface area contributed by atoms with Crippen LogP contribution in [0.1, 0.15) is 30.9 Å². The van der Waals surface area contributed by atoms with E-state index in [1.807, 2.05) is 12.1 Å². The minimum Gasteiger partial charge on any atom is -0.497 e. The summed E-state index contributed by atoms with van der Waals surface area (Å²) in [4.78, 5) is 4.69. The van der Waals surface area contributed by atoms with E-state index in [1.165, 1.54) is 16.8 Å². The molecule has 1 aliphatic rings. The summed E-state index contributed by atoms with van der Waals surface area (Å²) in [5.74, 6) is 2.17. The van der Waals surface area contributed by atoms with Gasteiger partial charge in [-0.3, -0.25) is 4.90 Å². The van der Waals surface area contributed by atoms with Crippen LogP contribution in [0.15, 0.2) is 42.5 Å². The van der Waals surface area contributed by atoms with Crippen LogP contribution in [-0.4, -0.2) is 62.6 Å². The van der Waals surface area contributed by atoms with Gasteiger partial charge in [-0.1, -0.05) is 26.0 Å². The van der Waals surface area contributed by atoms with Crippen molar-refractivity contribution in [3.05, 3.63) is 53.6 Å². The molecule has 1 heterocycles. The van der Waals surface area contributed by atoms with Crippen LogP contribution >= 0.6 is 24.8 Å². The van der Waals surface area contributed by atoms with Crippen LogP contribution in [0, 0.1) is 6.92 Å². The van der Waals surface area contributed by atoms with Crippen molar-refractivity contribution >= 4 is 30.5 Å². The van der Waals surface area contributed by atoms with Crippen molar-refractivity contribution in [3.63, 3.8) is 0 Å². The van der Waals surface area contributed by atoms with Gasteiger partial charge in [0.05, 0.1) is 7.11 Å². The average Bonchev–Trinajstić information content (AvgIpc) is 2.73. The summed E-state index contributed by atoms with van der Waals surface area (Å²) in [6.07, 6.45) is -0.497. The van der Waals surface area contributed by atoms with Gasteiger partial charge in [-0.2, -0.15) is 0 Å². The monoisotopic (exact) mass is 470 g/mol. The molecule has 31 heavy (non-hydrogen) atoms. The van der Waals surface area contributed by atoms with Gasteiger partial charge in [0.15, 0.2) is 0 Å². The number of aryl methyl sites for hydroxylation is 1. The second kappa shape index (κ2) is 13.0. The summed E-state index contributed by atoms with van der Waals surface area (Å²) in [5.41, 5.74) is 3.58. The molecule has 2 aromatic rings. The summed E-state index contributed by atoms with van der Waals surface area (Å²) in [6, 6.07) is 14.5. The molecular formula is C24H36Cl2N2O3. The van der Waals surface area contributed by atoms with Gasteiger partial charge in [0.1, 0.15) is 24.2 Å². The molecule has 0 aliphatic carbocycles. The number of ether oxygens (including phenoxy) is 2. The lowest BCUT2D eigenvalue weighted by Crippen LogP contribution is -2.49. The zero-order chi connectivity index (χ0) is 20.8. The van der Waals surface area contributed by atoms with Crippen LogP contribution in [0.4, 0.5) is 5.69 Å². The Bertz CT molecular complexity index is 779. The Kier molecular flexibility index (Phi) is 11.5. The van der Waals surface area contributed by atoms with Crippen molar-refractivity contribution in [2.24, 2.45) is 0 Å². The maximum atomic E-state index is 10.5. The van der Waals surface area contributed by atoms with Crippen molar-refractivity contribution < 1.29 is 14.6 Å². The first-order chi connectivity index (χ1) is 14.0. The topological polar surface area (TPSA) is 45.2 Å². The van der Waals surface area contributed by atoms with Crippen LogP contribution in [0.3, 0.4) is 0 Å². The van der Waals surface area contributed by atoms with Gasteiger partial charge in [0, 0.05) is 38.4 Å². The van der Waals surface area contributed by atoms with Gasteiger partial charge in [0.2, 0.25) is 0 Å². The van der Waals surface area contributed by atoms with Crippen LogP contribution in [0.5, 0.6) is 11.5 Å². The lowest BCUT2D eigenvalue weighted by atomic mass is 10.0. The fourth-order valence-corrected chi connectivity index (χ4v) is 3.76. The fourth-order valence-electron chi connectivity index (χ4n) is 3.76. The number of piperazine rings is 1. The first kappa shape index (κ1) is 27.4.